The molecule has 7 fully saturated rings. The van der Waals surface area contributed by atoms with Crippen LogP contribution in [-0.4, -0.2) is 82.3 Å². The van der Waals surface area contributed by atoms with Crippen molar-refractivity contribution in [3.63, 3.8) is 0 Å². The molecule has 2 aromatic heterocycles. The van der Waals surface area contributed by atoms with Gasteiger partial charge in [0, 0.05) is 46.7 Å². The molecule has 4 bridgehead atoms. The van der Waals surface area contributed by atoms with Crippen molar-refractivity contribution in [2.24, 2.45) is 27.7 Å². The summed E-state index contributed by atoms with van der Waals surface area (Å²) in [5.74, 6) is 2.91. The maximum atomic E-state index is 6.03. The molecule has 14 heteroatoms. The quantitative estimate of drug-likeness (QED) is 0.238. The van der Waals surface area contributed by atoms with Crippen LogP contribution in [-0.2, 0) is 9.68 Å². The van der Waals surface area contributed by atoms with E-state index in [1.165, 1.54) is 51.9 Å². The molecule has 256 valence electrons. The maximum Gasteiger partial charge on any atom is 0.169 e. The van der Waals surface area contributed by atoms with Crippen LogP contribution in [0.4, 0.5) is 5.69 Å². The number of nitrogens with two attached hydrogens (primary N) is 1. The molecule has 4 aromatic rings. The normalized spacial score (nSPS) is 32.0. The van der Waals surface area contributed by atoms with Crippen LogP contribution in [0.3, 0.4) is 0 Å². The minimum absolute atomic E-state index is 0. The molecule has 3 N–H and O–H groups in total. The average Bonchev–Trinajstić information content (AvgIpc) is 3.85. The molecule has 8 aliphatic heterocycles. The van der Waals surface area contributed by atoms with Gasteiger partial charge in [0.15, 0.2) is 16.8 Å². The zero-order valence-electron chi connectivity index (χ0n) is 27.3. The molecule has 8 aliphatic rings. The Balaban J connectivity index is 0.000000124. The fourth-order valence-electron chi connectivity index (χ4n) is 8.28. The number of benzene rings is 2. The topological polar surface area (TPSA) is 140 Å². The predicted molar refractivity (Wildman–Crippen MR) is 189 cm³/mol. The third-order valence-corrected chi connectivity index (χ3v) is 11.3. The highest BCUT2D eigenvalue weighted by Gasteiger charge is 2.53. The maximum absolute atomic E-state index is 6.03. The van der Waals surface area contributed by atoms with E-state index in [-0.39, 0.29) is 23.6 Å². The number of piperidine rings is 6. The number of rotatable bonds is 1. The Morgan fingerprint density at radius 3 is 1.98 bits per heavy atom. The SMILES string of the molecule is Cc1noc2cc(Br)ccc12.Cc1noc2cc(N=C3C[C@@]4(CN5CCC4CC5)ON3)ccc12.Cl.NC1=NO[C@@]2(C1)CN1CCC2CC1. The summed E-state index contributed by atoms with van der Waals surface area (Å²) in [6.45, 7) is 10.8. The van der Waals surface area contributed by atoms with Crippen molar-refractivity contribution >= 4 is 67.6 Å². The van der Waals surface area contributed by atoms with E-state index < -0.39 is 0 Å². The smallest absolute Gasteiger partial charge is 0.169 e. The molecule has 0 unspecified atom stereocenters. The Bertz CT molecular complexity index is 1850. The van der Waals surface area contributed by atoms with E-state index in [1.807, 2.05) is 50.2 Å². The van der Waals surface area contributed by atoms with Crippen molar-refractivity contribution in [2.75, 3.05) is 39.3 Å². The molecular formula is C34H42BrClN8O4. The molecule has 2 aromatic carbocycles. The zero-order valence-corrected chi connectivity index (χ0v) is 29.7. The van der Waals surface area contributed by atoms with Gasteiger partial charge < -0.3 is 24.5 Å². The average molecular weight is 742 g/mol. The summed E-state index contributed by atoms with van der Waals surface area (Å²) in [4.78, 5) is 21.3. The lowest BCUT2D eigenvalue weighted by atomic mass is 9.74. The monoisotopic (exact) mass is 740 g/mol. The molecule has 7 saturated heterocycles. The molecule has 0 aliphatic carbocycles. The van der Waals surface area contributed by atoms with E-state index in [4.69, 9.17) is 29.4 Å². The predicted octanol–water partition coefficient (Wildman–Crippen LogP) is 6.02. The number of aliphatic imine (C=N–C) groups is 1. The summed E-state index contributed by atoms with van der Waals surface area (Å²) in [6.07, 6.45) is 6.68. The van der Waals surface area contributed by atoms with Crippen molar-refractivity contribution in [3.8, 4) is 0 Å². The van der Waals surface area contributed by atoms with Gasteiger partial charge in [-0.3, -0.25) is 15.2 Å². The second kappa shape index (κ2) is 13.2. The van der Waals surface area contributed by atoms with Crippen molar-refractivity contribution in [2.45, 2.75) is 63.6 Å². The second-order valence-corrected chi connectivity index (χ2v) is 14.8. The molecular weight excluding hydrogens is 700 g/mol. The first-order valence-corrected chi connectivity index (χ1v) is 17.4. The summed E-state index contributed by atoms with van der Waals surface area (Å²) in [5.41, 5.74) is 13.0. The van der Waals surface area contributed by atoms with Gasteiger partial charge in [0.05, 0.1) is 23.5 Å². The lowest BCUT2D eigenvalue weighted by Gasteiger charge is -2.49. The first-order valence-electron chi connectivity index (χ1n) is 16.6. The van der Waals surface area contributed by atoms with Gasteiger partial charge in [0.2, 0.25) is 0 Å². The lowest BCUT2D eigenvalue weighted by Crippen LogP contribution is -2.59. The number of aromatic nitrogens is 2. The van der Waals surface area contributed by atoms with Crippen molar-refractivity contribution in [1.29, 1.82) is 0 Å². The number of amidine groups is 2. The highest BCUT2D eigenvalue weighted by Crippen LogP contribution is 2.44. The van der Waals surface area contributed by atoms with Gasteiger partial charge in [0.25, 0.3) is 0 Å². The van der Waals surface area contributed by atoms with Crippen LogP contribution in [0.5, 0.6) is 0 Å². The summed E-state index contributed by atoms with van der Waals surface area (Å²) in [6, 6.07) is 11.8. The summed E-state index contributed by atoms with van der Waals surface area (Å²) >= 11 is 3.35. The molecule has 0 radical (unpaired) electrons. The van der Waals surface area contributed by atoms with Gasteiger partial charge >= 0.3 is 0 Å². The molecule has 12 rings (SSSR count). The highest BCUT2D eigenvalue weighted by atomic mass is 79.9. The molecule has 12 nitrogen and oxygen atoms in total. The Hall–Kier alpha value is -3.23. The van der Waals surface area contributed by atoms with Crippen LogP contribution in [0.15, 0.2) is 60.1 Å². The van der Waals surface area contributed by atoms with Gasteiger partial charge in [-0.1, -0.05) is 31.4 Å². The third kappa shape index (κ3) is 6.31. The van der Waals surface area contributed by atoms with E-state index in [0.717, 1.165) is 75.3 Å². The first-order chi connectivity index (χ1) is 22.8. The number of aryl methyl sites for hydroxylation is 2. The van der Waals surface area contributed by atoms with Crippen LogP contribution in [0, 0.1) is 25.7 Å². The van der Waals surface area contributed by atoms with Gasteiger partial charge in [0.1, 0.15) is 17.3 Å². The van der Waals surface area contributed by atoms with Crippen LogP contribution >= 0.6 is 28.3 Å². The van der Waals surface area contributed by atoms with Crippen LogP contribution in [0.2, 0.25) is 0 Å². The molecule has 0 amide bonds. The van der Waals surface area contributed by atoms with Crippen molar-refractivity contribution in [1.82, 2.24) is 25.6 Å². The number of nitrogens with zero attached hydrogens (tertiary/aromatic N) is 6. The van der Waals surface area contributed by atoms with E-state index in [2.05, 4.69) is 46.7 Å². The van der Waals surface area contributed by atoms with Crippen molar-refractivity contribution in [3.05, 3.63) is 52.3 Å². The van der Waals surface area contributed by atoms with E-state index in [0.29, 0.717) is 17.7 Å². The Labute approximate surface area is 293 Å². The summed E-state index contributed by atoms with van der Waals surface area (Å²) < 4.78 is 11.4. The Kier molecular flexibility index (Phi) is 9.18. The summed E-state index contributed by atoms with van der Waals surface area (Å²) in [5, 5.41) is 13.9. The highest BCUT2D eigenvalue weighted by molar-refractivity contribution is 9.10. The minimum atomic E-state index is -0.0811. The van der Waals surface area contributed by atoms with Crippen molar-refractivity contribution < 1.29 is 18.7 Å². The van der Waals surface area contributed by atoms with Gasteiger partial charge in [-0.2, -0.15) is 0 Å². The number of halogens is 2. The number of nitrogens with one attached hydrogen (secondary N) is 1. The van der Waals surface area contributed by atoms with Crippen LogP contribution < -0.4 is 11.2 Å². The fourth-order valence-corrected chi connectivity index (χ4v) is 8.62. The number of oxime groups is 1. The van der Waals surface area contributed by atoms with E-state index in [1.54, 1.807) is 0 Å². The van der Waals surface area contributed by atoms with E-state index in [9.17, 15) is 0 Å². The van der Waals surface area contributed by atoms with Gasteiger partial charge in [-0.05, 0) is 102 Å². The summed E-state index contributed by atoms with van der Waals surface area (Å²) in [7, 11) is 0. The first kappa shape index (κ1) is 33.3. The number of hydrogen-bond donors (Lipinski definition) is 2. The standard InChI is InChI=1S/C17H20N4O2.C9H15N3O.C8H6BrNO.ClH/c1-11-14-3-2-13(8-15(14)22-19-11)18-16-9-17(23-20-16)10-21-6-4-12(17)5-7-21;10-8-5-9(13-11-8)6-12-3-1-7(9)2-4-12;1-5-7-3-2-6(9)4-8(7)11-10-5;/h2-3,8,12H,4-7,9-10H2,1H3,(H,18,20);7H,1-6H2,(H2,10,11);2-4H,1H3;1H/t17-;9-;;/m00../s1. The Morgan fingerprint density at radius 2 is 1.42 bits per heavy atom. The fraction of sp³-hybridized carbons (Fsp3) is 0.529. The van der Waals surface area contributed by atoms with Gasteiger partial charge in [-0.25, -0.2) is 4.99 Å². The number of fused-ring (bicyclic) bond motifs is 6. The molecule has 48 heavy (non-hydrogen) atoms. The number of hydroxylamine groups is 1. The van der Waals surface area contributed by atoms with E-state index >= 15 is 0 Å². The van der Waals surface area contributed by atoms with Crippen LogP contribution in [0.25, 0.3) is 21.9 Å². The van der Waals surface area contributed by atoms with Gasteiger partial charge in [-0.15, -0.1) is 12.4 Å². The van der Waals surface area contributed by atoms with Crippen LogP contribution in [0.1, 0.15) is 49.9 Å². The number of hydrogen-bond acceptors (Lipinski definition) is 11. The zero-order chi connectivity index (χ0) is 32.2. The third-order valence-electron chi connectivity index (χ3n) is 10.8. The molecule has 0 saturated carbocycles. The largest absolute Gasteiger partial charge is 0.386 e. The lowest BCUT2D eigenvalue weighted by molar-refractivity contribution is -0.150. The molecule has 2 spiro atoms. The Morgan fingerprint density at radius 1 is 0.833 bits per heavy atom. The molecule has 2 atom stereocenters. The minimum Gasteiger partial charge on any atom is -0.386 e. The second-order valence-electron chi connectivity index (χ2n) is 13.9. The molecule has 10 heterocycles.